The lowest BCUT2D eigenvalue weighted by molar-refractivity contribution is -0.148. The number of benzene rings is 1. The Labute approximate surface area is 140 Å². The van der Waals surface area contributed by atoms with E-state index in [1.54, 1.807) is 11.3 Å². The van der Waals surface area contributed by atoms with Gasteiger partial charge in [0.2, 0.25) is 0 Å². The summed E-state index contributed by atoms with van der Waals surface area (Å²) in [5.41, 5.74) is 1.00. The number of thiophene rings is 1. The fourth-order valence-corrected chi connectivity index (χ4v) is 2.96. The van der Waals surface area contributed by atoms with Crippen LogP contribution in [0.15, 0.2) is 47.8 Å². The minimum absolute atomic E-state index is 0.224. The second kappa shape index (κ2) is 9.10. The van der Waals surface area contributed by atoms with Crippen LogP contribution in [0.2, 0.25) is 0 Å². The van der Waals surface area contributed by atoms with Gasteiger partial charge in [0.1, 0.15) is 0 Å². The summed E-state index contributed by atoms with van der Waals surface area (Å²) in [6.07, 6.45) is 2.06. The summed E-state index contributed by atoms with van der Waals surface area (Å²) in [5.74, 6) is -0.619. The molecule has 0 fully saturated rings. The van der Waals surface area contributed by atoms with Crippen molar-refractivity contribution >= 4 is 23.2 Å². The largest absolute Gasteiger partial charge is 0.456 e. The van der Waals surface area contributed by atoms with Gasteiger partial charge in [-0.15, -0.1) is 11.3 Å². The molecule has 0 aliphatic rings. The average molecular weight is 331 g/mol. The molecule has 0 radical (unpaired) electrons. The van der Waals surface area contributed by atoms with Gasteiger partial charge in [0, 0.05) is 11.3 Å². The van der Waals surface area contributed by atoms with Gasteiger partial charge in [-0.1, -0.05) is 49.7 Å². The Bertz CT molecular complexity index is 610. The minimum atomic E-state index is -0.325. The third kappa shape index (κ3) is 5.53. The van der Waals surface area contributed by atoms with Gasteiger partial charge in [-0.3, -0.25) is 9.59 Å². The average Bonchev–Trinajstić information content (AvgIpc) is 3.11. The highest BCUT2D eigenvalue weighted by atomic mass is 32.1. The summed E-state index contributed by atoms with van der Waals surface area (Å²) in [7, 11) is 0. The fourth-order valence-electron chi connectivity index (χ4n) is 2.16. The summed E-state index contributed by atoms with van der Waals surface area (Å²) < 4.78 is 5.01. The van der Waals surface area contributed by atoms with Gasteiger partial charge < -0.3 is 10.1 Å². The molecular formula is C18H21NO3S. The van der Waals surface area contributed by atoms with Crippen LogP contribution < -0.4 is 5.32 Å². The van der Waals surface area contributed by atoms with E-state index in [1.165, 1.54) is 0 Å². The highest BCUT2D eigenvalue weighted by Gasteiger charge is 2.18. The Kier molecular flexibility index (Phi) is 6.81. The summed E-state index contributed by atoms with van der Waals surface area (Å²) in [5, 5.41) is 4.92. The lowest BCUT2D eigenvalue weighted by atomic mass is 10.1. The van der Waals surface area contributed by atoms with Crippen LogP contribution in [-0.4, -0.2) is 18.5 Å². The number of ether oxygens (including phenoxy) is 1. The predicted molar refractivity (Wildman–Crippen MR) is 91.2 cm³/mol. The van der Waals surface area contributed by atoms with Crippen molar-refractivity contribution in [2.45, 2.75) is 32.2 Å². The number of nitrogens with one attached hydrogen (secondary N) is 1. The van der Waals surface area contributed by atoms with E-state index in [-0.39, 0.29) is 24.5 Å². The Morgan fingerprint density at radius 1 is 1.17 bits per heavy atom. The van der Waals surface area contributed by atoms with Crippen molar-refractivity contribution in [3.05, 3.63) is 58.3 Å². The molecule has 23 heavy (non-hydrogen) atoms. The molecule has 2 rings (SSSR count). The van der Waals surface area contributed by atoms with Crippen molar-refractivity contribution in [3.8, 4) is 0 Å². The first kappa shape index (κ1) is 17.2. The van der Waals surface area contributed by atoms with Gasteiger partial charge in [-0.05, 0) is 23.4 Å². The summed E-state index contributed by atoms with van der Waals surface area (Å²) in [4.78, 5) is 24.7. The zero-order valence-electron chi connectivity index (χ0n) is 13.2. The standard InChI is InChI=1S/C18H21NO3S/c1-2-3-11-17(21)22-13-16(20)19-18(15-10-7-12-23-15)14-8-5-4-6-9-14/h4-10,12,18H,2-3,11,13H2,1H3,(H,19,20)/t18-/m1/s1. The van der Waals surface area contributed by atoms with Crippen molar-refractivity contribution in [2.24, 2.45) is 0 Å². The number of amides is 1. The van der Waals surface area contributed by atoms with Crippen LogP contribution in [0.4, 0.5) is 0 Å². The van der Waals surface area contributed by atoms with Crippen LogP contribution in [0, 0.1) is 0 Å². The molecule has 2 aromatic rings. The minimum Gasteiger partial charge on any atom is -0.456 e. The normalized spacial score (nSPS) is 11.7. The number of hydrogen-bond acceptors (Lipinski definition) is 4. The Morgan fingerprint density at radius 3 is 2.61 bits per heavy atom. The highest BCUT2D eigenvalue weighted by molar-refractivity contribution is 7.10. The first-order chi connectivity index (χ1) is 11.2. The molecule has 1 aromatic heterocycles. The van der Waals surface area contributed by atoms with Crippen molar-refractivity contribution in [1.82, 2.24) is 5.32 Å². The van der Waals surface area contributed by atoms with Gasteiger partial charge in [0.25, 0.3) is 5.91 Å². The Hall–Kier alpha value is -2.14. The number of esters is 1. The van der Waals surface area contributed by atoms with Crippen LogP contribution >= 0.6 is 11.3 Å². The van der Waals surface area contributed by atoms with E-state index in [4.69, 9.17) is 4.74 Å². The molecule has 5 heteroatoms. The number of carbonyl (C=O) groups excluding carboxylic acids is 2. The quantitative estimate of drug-likeness (QED) is 0.751. The maximum atomic E-state index is 12.1. The maximum absolute atomic E-state index is 12.1. The topological polar surface area (TPSA) is 55.4 Å². The van der Waals surface area contributed by atoms with Gasteiger partial charge >= 0.3 is 5.97 Å². The van der Waals surface area contributed by atoms with Gasteiger partial charge in [0.05, 0.1) is 6.04 Å². The molecule has 0 aliphatic heterocycles. The number of unbranched alkanes of at least 4 members (excludes halogenated alkanes) is 1. The molecule has 122 valence electrons. The van der Waals surface area contributed by atoms with Gasteiger partial charge in [0.15, 0.2) is 6.61 Å². The zero-order chi connectivity index (χ0) is 16.5. The highest BCUT2D eigenvalue weighted by Crippen LogP contribution is 2.25. The number of carbonyl (C=O) groups is 2. The Morgan fingerprint density at radius 2 is 1.96 bits per heavy atom. The molecule has 0 spiro atoms. The molecule has 1 heterocycles. The zero-order valence-corrected chi connectivity index (χ0v) is 14.0. The first-order valence-corrected chi connectivity index (χ1v) is 8.62. The first-order valence-electron chi connectivity index (χ1n) is 7.74. The van der Waals surface area contributed by atoms with Gasteiger partial charge in [-0.2, -0.15) is 0 Å². The maximum Gasteiger partial charge on any atom is 0.306 e. The molecule has 1 N–H and O–H groups in total. The molecule has 0 aliphatic carbocycles. The molecule has 0 saturated carbocycles. The lowest BCUT2D eigenvalue weighted by Crippen LogP contribution is -2.32. The van der Waals surface area contributed by atoms with E-state index in [2.05, 4.69) is 5.32 Å². The van der Waals surface area contributed by atoms with Crippen molar-refractivity contribution in [1.29, 1.82) is 0 Å². The third-order valence-electron chi connectivity index (χ3n) is 3.36. The molecule has 0 unspecified atom stereocenters. The van der Waals surface area contributed by atoms with E-state index in [0.29, 0.717) is 6.42 Å². The molecule has 4 nitrogen and oxygen atoms in total. The van der Waals surface area contributed by atoms with Crippen LogP contribution in [0.25, 0.3) is 0 Å². The smallest absolute Gasteiger partial charge is 0.306 e. The van der Waals surface area contributed by atoms with Crippen molar-refractivity contribution in [2.75, 3.05) is 6.61 Å². The lowest BCUT2D eigenvalue weighted by Gasteiger charge is -2.18. The van der Waals surface area contributed by atoms with E-state index < -0.39 is 0 Å². The van der Waals surface area contributed by atoms with E-state index >= 15 is 0 Å². The summed E-state index contributed by atoms with van der Waals surface area (Å²) in [6, 6.07) is 13.5. The molecular weight excluding hydrogens is 310 g/mol. The molecule has 1 aromatic carbocycles. The number of hydrogen-bond donors (Lipinski definition) is 1. The van der Waals surface area contributed by atoms with E-state index in [9.17, 15) is 9.59 Å². The summed E-state index contributed by atoms with van der Waals surface area (Å²) >= 11 is 1.58. The third-order valence-corrected chi connectivity index (χ3v) is 4.30. The summed E-state index contributed by atoms with van der Waals surface area (Å²) in [6.45, 7) is 1.77. The van der Waals surface area contributed by atoms with Crippen molar-refractivity contribution < 1.29 is 14.3 Å². The second-order valence-electron chi connectivity index (χ2n) is 5.19. The van der Waals surface area contributed by atoms with E-state index in [1.807, 2.05) is 54.8 Å². The van der Waals surface area contributed by atoms with Crippen LogP contribution in [0.3, 0.4) is 0 Å². The second-order valence-corrected chi connectivity index (χ2v) is 6.17. The van der Waals surface area contributed by atoms with Crippen molar-refractivity contribution in [3.63, 3.8) is 0 Å². The molecule has 0 bridgehead atoms. The van der Waals surface area contributed by atoms with E-state index in [0.717, 1.165) is 23.3 Å². The van der Waals surface area contributed by atoms with Crippen LogP contribution in [0.5, 0.6) is 0 Å². The SMILES string of the molecule is CCCCC(=O)OCC(=O)N[C@H](c1ccccc1)c1cccs1. The van der Waals surface area contributed by atoms with Gasteiger partial charge in [-0.25, -0.2) is 0 Å². The van der Waals surface area contributed by atoms with Crippen LogP contribution in [0.1, 0.15) is 42.7 Å². The number of rotatable bonds is 8. The molecule has 1 amide bonds. The predicted octanol–water partition coefficient (Wildman–Crippen LogP) is 3.69. The molecule has 1 atom stereocenters. The monoisotopic (exact) mass is 331 g/mol. The Balaban J connectivity index is 1.96. The van der Waals surface area contributed by atoms with Crippen LogP contribution in [-0.2, 0) is 14.3 Å². The fraction of sp³-hybridized carbons (Fsp3) is 0.333. The molecule has 0 saturated heterocycles.